The Morgan fingerprint density at radius 3 is 2.38 bits per heavy atom. The predicted molar refractivity (Wildman–Crippen MR) is 49.5 cm³/mol. The molecule has 0 heterocycles. The Balaban J connectivity index is 4.01. The summed E-state index contributed by atoms with van der Waals surface area (Å²) in [6, 6.07) is -1.30. The zero-order valence-corrected chi connectivity index (χ0v) is 9.06. The molecule has 1 atom stereocenters. The molecule has 0 rings (SSSR count). The summed E-state index contributed by atoms with van der Waals surface area (Å²) in [5, 5.41) is 1.51. The Kier molecular flexibility index (Phi) is 5.84. The van der Waals surface area contributed by atoms with Crippen LogP contribution in [-0.2, 0) is 14.3 Å². The lowest BCUT2D eigenvalue weighted by Gasteiger charge is -2.14. The predicted octanol–water partition coefficient (Wildman–Crippen LogP) is 1.40. The standard InChI is InChI=1S/C9H14F3NO3/c1-3-4-5-16-7(14)6(2)13-8(15)9(10,11)12/h6H,3-5H2,1-2H3,(H,13,15). The molecule has 0 saturated carbocycles. The van der Waals surface area contributed by atoms with Crippen LogP contribution in [0.25, 0.3) is 0 Å². The lowest BCUT2D eigenvalue weighted by Crippen LogP contribution is -2.45. The van der Waals surface area contributed by atoms with Crippen LogP contribution in [0.1, 0.15) is 26.7 Å². The van der Waals surface area contributed by atoms with Crippen molar-refractivity contribution >= 4 is 11.9 Å². The van der Waals surface area contributed by atoms with E-state index in [-0.39, 0.29) is 6.61 Å². The maximum absolute atomic E-state index is 11.8. The van der Waals surface area contributed by atoms with E-state index >= 15 is 0 Å². The minimum Gasteiger partial charge on any atom is -0.464 e. The first-order chi connectivity index (χ1) is 7.29. The van der Waals surface area contributed by atoms with Gasteiger partial charge in [-0.05, 0) is 13.3 Å². The summed E-state index contributed by atoms with van der Waals surface area (Å²) >= 11 is 0. The number of esters is 1. The van der Waals surface area contributed by atoms with Crippen molar-refractivity contribution in [3.63, 3.8) is 0 Å². The van der Waals surface area contributed by atoms with Crippen molar-refractivity contribution in [2.24, 2.45) is 0 Å². The van der Waals surface area contributed by atoms with Crippen molar-refractivity contribution < 1.29 is 27.5 Å². The third kappa shape index (κ3) is 5.57. The van der Waals surface area contributed by atoms with Crippen molar-refractivity contribution in [1.29, 1.82) is 0 Å². The molecule has 7 heteroatoms. The zero-order chi connectivity index (χ0) is 12.8. The first kappa shape index (κ1) is 14.7. The van der Waals surface area contributed by atoms with E-state index in [4.69, 9.17) is 0 Å². The number of alkyl halides is 3. The van der Waals surface area contributed by atoms with Crippen LogP contribution in [0.5, 0.6) is 0 Å². The molecule has 0 radical (unpaired) electrons. The van der Waals surface area contributed by atoms with Crippen molar-refractivity contribution in [2.75, 3.05) is 6.61 Å². The van der Waals surface area contributed by atoms with E-state index in [1.807, 2.05) is 6.92 Å². The second-order valence-electron chi connectivity index (χ2n) is 3.21. The van der Waals surface area contributed by atoms with Gasteiger partial charge in [-0.2, -0.15) is 13.2 Å². The molecule has 0 aliphatic heterocycles. The van der Waals surface area contributed by atoms with E-state index in [0.717, 1.165) is 13.3 Å². The fourth-order valence-electron chi connectivity index (χ4n) is 0.779. The molecular formula is C9H14F3NO3. The van der Waals surface area contributed by atoms with Gasteiger partial charge in [0.05, 0.1) is 6.61 Å². The number of hydrogen-bond acceptors (Lipinski definition) is 3. The van der Waals surface area contributed by atoms with Crippen LogP contribution >= 0.6 is 0 Å². The third-order valence-corrected chi connectivity index (χ3v) is 1.70. The number of carbonyl (C=O) groups is 2. The highest BCUT2D eigenvalue weighted by Gasteiger charge is 2.40. The summed E-state index contributed by atoms with van der Waals surface area (Å²) in [6.45, 7) is 3.15. The van der Waals surface area contributed by atoms with Gasteiger partial charge in [0.15, 0.2) is 0 Å². The molecule has 0 spiro atoms. The summed E-state index contributed by atoms with van der Waals surface area (Å²) in [4.78, 5) is 21.5. The summed E-state index contributed by atoms with van der Waals surface area (Å²) in [6.07, 6.45) is -3.56. The van der Waals surface area contributed by atoms with E-state index < -0.39 is 24.1 Å². The van der Waals surface area contributed by atoms with Gasteiger partial charge >= 0.3 is 18.1 Å². The molecule has 94 valence electrons. The summed E-state index contributed by atoms with van der Waals surface area (Å²) in [5.74, 6) is -3.02. The van der Waals surface area contributed by atoms with Crippen LogP contribution in [0.3, 0.4) is 0 Å². The van der Waals surface area contributed by atoms with Crippen LogP contribution in [0.4, 0.5) is 13.2 Å². The largest absolute Gasteiger partial charge is 0.471 e. The van der Waals surface area contributed by atoms with Gasteiger partial charge in [0, 0.05) is 0 Å². The SMILES string of the molecule is CCCCOC(=O)C(C)NC(=O)C(F)(F)F. The Hall–Kier alpha value is -1.27. The fraction of sp³-hybridized carbons (Fsp3) is 0.778. The number of ether oxygens (including phenoxy) is 1. The van der Waals surface area contributed by atoms with E-state index in [0.29, 0.717) is 6.42 Å². The highest BCUT2D eigenvalue weighted by molar-refractivity contribution is 5.87. The normalized spacial score (nSPS) is 13.1. The summed E-state index contributed by atoms with van der Waals surface area (Å²) in [5.41, 5.74) is 0. The molecule has 0 aromatic rings. The topological polar surface area (TPSA) is 55.4 Å². The maximum Gasteiger partial charge on any atom is 0.471 e. The van der Waals surface area contributed by atoms with Crippen LogP contribution in [0.2, 0.25) is 0 Å². The van der Waals surface area contributed by atoms with Crippen LogP contribution in [0.15, 0.2) is 0 Å². The molecule has 0 fully saturated rings. The first-order valence-electron chi connectivity index (χ1n) is 4.83. The van der Waals surface area contributed by atoms with E-state index in [9.17, 15) is 22.8 Å². The van der Waals surface area contributed by atoms with E-state index in [2.05, 4.69) is 4.74 Å². The molecule has 4 nitrogen and oxygen atoms in total. The maximum atomic E-state index is 11.8. The minimum atomic E-state index is -4.99. The Morgan fingerprint density at radius 2 is 1.94 bits per heavy atom. The van der Waals surface area contributed by atoms with Crippen LogP contribution in [-0.4, -0.2) is 30.7 Å². The van der Waals surface area contributed by atoms with Crippen molar-refractivity contribution in [2.45, 2.75) is 38.9 Å². The van der Waals surface area contributed by atoms with Gasteiger partial charge < -0.3 is 10.1 Å². The van der Waals surface area contributed by atoms with Crippen LogP contribution < -0.4 is 5.32 Å². The summed E-state index contributed by atoms with van der Waals surface area (Å²) < 4.78 is 40.1. The number of halogens is 3. The lowest BCUT2D eigenvalue weighted by atomic mass is 10.3. The van der Waals surface area contributed by atoms with E-state index in [1.165, 1.54) is 5.32 Å². The number of carbonyl (C=O) groups excluding carboxylic acids is 2. The van der Waals surface area contributed by atoms with Gasteiger partial charge in [0.2, 0.25) is 0 Å². The van der Waals surface area contributed by atoms with Gasteiger partial charge in [-0.1, -0.05) is 13.3 Å². The van der Waals surface area contributed by atoms with Crippen molar-refractivity contribution in [3.8, 4) is 0 Å². The number of amides is 1. The molecule has 0 aliphatic carbocycles. The van der Waals surface area contributed by atoms with Gasteiger partial charge in [-0.3, -0.25) is 4.79 Å². The van der Waals surface area contributed by atoms with Crippen molar-refractivity contribution in [3.05, 3.63) is 0 Å². The zero-order valence-electron chi connectivity index (χ0n) is 9.06. The second kappa shape index (κ2) is 6.34. The van der Waals surface area contributed by atoms with Gasteiger partial charge in [0.25, 0.3) is 0 Å². The van der Waals surface area contributed by atoms with Crippen molar-refractivity contribution in [1.82, 2.24) is 5.32 Å². The molecule has 0 aliphatic rings. The number of hydrogen-bond donors (Lipinski definition) is 1. The van der Waals surface area contributed by atoms with E-state index in [1.54, 1.807) is 0 Å². The average molecular weight is 241 g/mol. The molecule has 1 N–H and O–H groups in total. The number of rotatable bonds is 5. The average Bonchev–Trinajstić information content (AvgIpc) is 2.16. The number of unbranched alkanes of at least 4 members (excludes halogenated alkanes) is 1. The highest BCUT2D eigenvalue weighted by atomic mass is 19.4. The molecule has 0 aromatic heterocycles. The molecule has 16 heavy (non-hydrogen) atoms. The Labute approximate surface area is 91.1 Å². The molecular weight excluding hydrogens is 227 g/mol. The first-order valence-corrected chi connectivity index (χ1v) is 4.83. The molecule has 1 unspecified atom stereocenters. The molecule has 1 amide bonds. The quantitative estimate of drug-likeness (QED) is 0.584. The third-order valence-electron chi connectivity index (χ3n) is 1.70. The monoisotopic (exact) mass is 241 g/mol. The summed E-state index contributed by atoms with van der Waals surface area (Å²) in [7, 11) is 0. The molecule has 0 aromatic carbocycles. The van der Waals surface area contributed by atoms with Gasteiger partial charge in [-0.25, -0.2) is 4.79 Å². The Morgan fingerprint density at radius 1 is 1.38 bits per heavy atom. The van der Waals surface area contributed by atoms with Gasteiger partial charge in [0.1, 0.15) is 6.04 Å². The lowest BCUT2D eigenvalue weighted by molar-refractivity contribution is -0.175. The molecule has 0 bridgehead atoms. The number of nitrogens with one attached hydrogen (secondary N) is 1. The smallest absolute Gasteiger partial charge is 0.464 e. The molecule has 0 saturated heterocycles. The van der Waals surface area contributed by atoms with Gasteiger partial charge in [-0.15, -0.1) is 0 Å². The Bertz CT molecular complexity index is 253. The fourth-order valence-corrected chi connectivity index (χ4v) is 0.779. The second-order valence-corrected chi connectivity index (χ2v) is 3.21. The van der Waals surface area contributed by atoms with Crippen LogP contribution in [0, 0.1) is 0 Å². The minimum absolute atomic E-state index is 0.140. The highest BCUT2D eigenvalue weighted by Crippen LogP contribution is 2.14.